The number of hydrogen-bond acceptors (Lipinski definition) is 2. The molecule has 0 spiro atoms. The van der Waals surface area contributed by atoms with Crippen LogP contribution in [0.2, 0.25) is 0 Å². The summed E-state index contributed by atoms with van der Waals surface area (Å²) in [6.07, 6.45) is 3.70. The van der Waals surface area contributed by atoms with Crippen molar-refractivity contribution in [3.63, 3.8) is 0 Å². The van der Waals surface area contributed by atoms with Gasteiger partial charge in [-0.2, -0.15) is 0 Å². The molecule has 90 valence electrons. The third kappa shape index (κ3) is 5.29. The summed E-state index contributed by atoms with van der Waals surface area (Å²) in [5, 5.41) is 3.34. The highest BCUT2D eigenvalue weighted by molar-refractivity contribution is 5.22. The molecule has 0 amide bonds. The van der Waals surface area contributed by atoms with Crippen LogP contribution in [-0.4, -0.2) is 20.2 Å². The number of rotatable bonds is 8. The quantitative estimate of drug-likeness (QED) is 0.682. The maximum Gasteiger partial charge on any atom is 0.0713 e. The smallest absolute Gasteiger partial charge is 0.0713 e. The minimum absolute atomic E-state index is 0.709. The van der Waals surface area contributed by atoms with Crippen LogP contribution >= 0.6 is 0 Å². The normalized spacial score (nSPS) is 10.6. The molecule has 0 saturated heterocycles. The summed E-state index contributed by atoms with van der Waals surface area (Å²) >= 11 is 0. The van der Waals surface area contributed by atoms with Crippen LogP contribution < -0.4 is 5.32 Å². The van der Waals surface area contributed by atoms with E-state index in [1.165, 1.54) is 30.4 Å². The molecule has 0 fully saturated rings. The first kappa shape index (κ1) is 13.2. The molecule has 0 atom stereocenters. The number of benzene rings is 1. The Morgan fingerprint density at radius 3 is 2.38 bits per heavy atom. The fraction of sp³-hybridized carbons (Fsp3) is 0.571. The van der Waals surface area contributed by atoms with Gasteiger partial charge in [-0.15, -0.1) is 0 Å². The number of aryl methyl sites for hydroxylation is 1. The van der Waals surface area contributed by atoms with E-state index < -0.39 is 0 Å². The monoisotopic (exact) mass is 221 g/mol. The molecule has 0 unspecified atom stereocenters. The van der Waals surface area contributed by atoms with Crippen LogP contribution in [0.4, 0.5) is 0 Å². The van der Waals surface area contributed by atoms with Crippen molar-refractivity contribution in [1.29, 1.82) is 0 Å². The molecule has 0 aliphatic heterocycles. The number of unbranched alkanes of at least 4 members (excludes halogenated alkanes) is 1. The fourth-order valence-electron chi connectivity index (χ4n) is 1.72. The van der Waals surface area contributed by atoms with Gasteiger partial charge in [0.15, 0.2) is 0 Å². The summed E-state index contributed by atoms with van der Waals surface area (Å²) in [6, 6.07) is 8.73. The van der Waals surface area contributed by atoms with Crippen LogP contribution in [0.3, 0.4) is 0 Å². The Kier molecular flexibility index (Phi) is 6.86. The lowest BCUT2D eigenvalue weighted by molar-refractivity contribution is 0.185. The predicted octanol–water partition coefficient (Wildman–Crippen LogP) is 2.77. The highest BCUT2D eigenvalue weighted by atomic mass is 16.5. The second kappa shape index (κ2) is 8.31. The third-order valence-electron chi connectivity index (χ3n) is 2.65. The van der Waals surface area contributed by atoms with Crippen LogP contribution in [0.1, 0.15) is 30.9 Å². The van der Waals surface area contributed by atoms with Crippen LogP contribution in [0.5, 0.6) is 0 Å². The molecule has 1 aromatic carbocycles. The molecule has 0 radical (unpaired) electrons. The highest BCUT2D eigenvalue weighted by Crippen LogP contribution is 2.08. The molecule has 1 N–H and O–H groups in total. The molecule has 2 nitrogen and oxygen atoms in total. The number of ether oxygens (including phenoxy) is 1. The summed E-state index contributed by atoms with van der Waals surface area (Å²) in [5.74, 6) is 0. The first-order chi connectivity index (χ1) is 7.86. The second-order valence-corrected chi connectivity index (χ2v) is 4.06. The topological polar surface area (TPSA) is 21.3 Å². The molecule has 0 bridgehead atoms. The number of hydrogen-bond donors (Lipinski definition) is 1. The average Bonchev–Trinajstić information content (AvgIpc) is 2.31. The van der Waals surface area contributed by atoms with E-state index in [0.29, 0.717) is 6.61 Å². The van der Waals surface area contributed by atoms with Crippen molar-refractivity contribution in [1.82, 2.24) is 5.32 Å². The Morgan fingerprint density at radius 2 is 1.75 bits per heavy atom. The SMILES string of the molecule is CCNCCCCc1ccc(COC)cc1. The van der Waals surface area contributed by atoms with E-state index in [1.54, 1.807) is 7.11 Å². The molecular formula is C14H23NO. The van der Waals surface area contributed by atoms with Crippen LogP contribution in [-0.2, 0) is 17.8 Å². The number of methoxy groups -OCH3 is 1. The van der Waals surface area contributed by atoms with Crippen molar-refractivity contribution in [2.45, 2.75) is 32.8 Å². The van der Waals surface area contributed by atoms with Crippen molar-refractivity contribution in [2.75, 3.05) is 20.2 Å². The van der Waals surface area contributed by atoms with Gasteiger partial charge in [0.05, 0.1) is 6.61 Å². The van der Waals surface area contributed by atoms with Gasteiger partial charge in [-0.1, -0.05) is 31.2 Å². The molecule has 0 aliphatic carbocycles. The van der Waals surface area contributed by atoms with Crippen molar-refractivity contribution < 1.29 is 4.74 Å². The minimum atomic E-state index is 0.709. The van der Waals surface area contributed by atoms with E-state index in [0.717, 1.165) is 13.1 Å². The van der Waals surface area contributed by atoms with Gasteiger partial charge in [0, 0.05) is 7.11 Å². The van der Waals surface area contributed by atoms with Gasteiger partial charge in [0.1, 0.15) is 0 Å². The molecule has 2 heteroatoms. The molecule has 1 aromatic rings. The lowest BCUT2D eigenvalue weighted by Crippen LogP contribution is -2.13. The van der Waals surface area contributed by atoms with Crippen molar-refractivity contribution in [3.05, 3.63) is 35.4 Å². The zero-order chi connectivity index (χ0) is 11.6. The Bertz CT molecular complexity index is 269. The standard InChI is InChI=1S/C14H23NO/c1-3-15-11-5-4-6-13-7-9-14(10-8-13)12-16-2/h7-10,15H,3-6,11-12H2,1-2H3. The van der Waals surface area contributed by atoms with E-state index >= 15 is 0 Å². The summed E-state index contributed by atoms with van der Waals surface area (Å²) in [7, 11) is 1.73. The molecule has 16 heavy (non-hydrogen) atoms. The second-order valence-electron chi connectivity index (χ2n) is 4.06. The van der Waals surface area contributed by atoms with E-state index in [2.05, 4.69) is 36.5 Å². The summed E-state index contributed by atoms with van der Waals surface area (Å²) in [5.41, 5.74) is 2.68. The van der Waals surface area contributed by atoms with Gasteiger partial charge >= 0.3 is 0 Å². The van der Waals surface area contributed by atoms with Gasteiger partial charge in [-0.3, -0.25) is 0 Å². The summed E-state index contributed by atoms with van der Waals surface area (Å²) < 4.78 is 5.08. The van der Waals surface area contributed by atoms with Crippen molar-refractivity contribution in [2.24, 2.45) is 0 Å². The number of nitrogens with one attached hydrogen (secondary N) is 1. The van der Waals surface area contributed by atoms with Gasteiger partial charge < -0.3 is 10.1 Å². The average molecular weight is 221 g/mol. The fourth-order valence-corrected chi connectivity index (χ4v) is 1.72. The molecule has 0 aliphatic rings. The van der Waals surface area contributed by atoms with Crippen LogP contribution in [0.15, 0.2) is 24.3 Å². The van der Waals surface area contributed by atoms with Crippen molar-refractivity contribution >= 4 is 0 Å². The van der Waals surface area contributed by atoms with Crippen LogP contribution in [0, 0.1) is 0 Å². The molecule has 0 aromatic heterocycles. The summed E-state index contributed by atoms with van der Waals surface area (Å²) in [4.78, 5) is 0. The highest BCUT2D eigenvalue weighted by Gasteiger charge is 1.95. The Hall–Kier alpha value is -0.860. The predicted molar refractivity (Wildman–Crippen MR) is 68.6 cm³/mol. The molecule has 0 heterocycles. The molecule has 0 saturated carbocycles. The minimum Gasteiger partial charge on any atom is -0.380 e. The molecular weight excluding hydrogens is 198 g/mol. The lowest BCUT2D eigenvalue weighted by Gasteiger charge is -2.04. The lowest BCUT2D eigenvalue weighted by atomic mass is 10.1. The Labute approximate surface area is 99.0 Å². The maximum atomic E-state index is 5.08. The largest absolute Gasteiger partial charge is 0.380 e. The van der Waals surface area contributed by atoms with Crippen LogP contribution in [0.25, 0.3) is 0 Å². The van der Waals surface area contributed by atoms with Gasteiger partial charge in [0.25, 0.3) is 0 Å². The van der Waals surface area contributed by atoms with Crippen molar-refractivity contribution in [3.8, 4) is 0 Å². The Morgan fingerprint density at radius 1 is 1.06 bits per heavy atom. The van der Waals surface area contributed by atoms with E-state index in [4.69, 9.17) is 4.74 Å². The Balaban J connectivity index is 2.21. The van der Waals surface area contributed by atoms with Gasteiger partial charge in [-0.25, -0.2) is 0 Å². The summed E-state index contributed by atoms with van der Waals surface area (Å²) in [6.45, 7) is 5.07. The maximum absolute atomic E-state index is 5.08. The zero-order valence-electron chi connectivity index (χ0n) is 10.5. The van der Waals surface area contributed by atoms with E-state index in [1.807, 2.05) is 0 Å². The van der Waals surface area contributed by atoms with E-state index in [9.17, 15) is 0 Å². The first-order valence-electron chi connectivity index (χ1n) is 6.14. The molecule has 1 rings (SSSR count). The van der Waals surface area contributed by atoms with Gasteiger partial charge in [-0.05, 0) is 43.5 Å². The first-order valence-corrected chi connectivity index (χ1v) is 6.14. The zero-order valence-corrected chi connectivity index (χ0v) is 10.5. The van der Waals surface area contributed by atoms with Gasteiger partial charge in [0.2, 0.25) is 0 Å². The third-order valence-corrected chi connectivity index (χ3v) is 2.65. The van der Waals surface area contributed by atoms with E-state index in [-0.39, 0.29) is 0 Å².